The number of carbonyl (C=O) groups is 13. The van der Waals surface area contributed by atoms with Crippen LogP contribution < -0.4 is 36.2 Å². The van der Waals surface area contributed by atoms with Crippen molar-refractivity contribution >= 4 is 110 Å². The molecule has 2 bridgehead atoms. The first kappa shape index (κ1) is 87.9. The smallest absolute Gasteiger partial charge is 0.327 e. The van der Waals surface area contributed by atoms with Gasteiger partial charge in [0.05, 0.1) is 44.2 Å². The van der Waals surface area contributed by atoms with Crippen molar-refractivity contribution in [3.63, 3.8) is 0 Å². The fourth-order valence-corrected chi connectivity index (χ4v) is 21.0. The molecule has 5 amide bonds. The predicted octanol–water partition coefficient (Wildman–Crippen LogP) is 3.80. The lowest BCUT2D eigenvalue weighted by molar-refractivity contribution is -0.203. The molecule has 0 aromatic heterocycles. The third-order valence-electron chi connectivity index (χ3n) is 24.3. The van der Waals surface area contributed by atoms with E-state index in [2.05, 4.69) is 48.5 Å². The summed E-state index contributed by atoms with van der Waals surface area (Å²) in [6.07, 6.45) is 0.231. The largest absolute Gasteiger partial charge is 0.496 e. The van der Waals surface area contributed by atoms with E-state index in [0.29, 0.717) is 87.4 Å². The number of carboxylic acids is 5. The topological polar surface area (TPSA) is 481 Å². The highest BCUT2D eigenvalue weighted by molar-refractivity contribution is 8.76. The summed E-state index contributed by atoms with van der Waals surface area (Å²) in [6.45, 7) is 5.60. The van der Waals surface area contributed by atoms with Crippen LogP contribution in [0.1, 0.15) is 138 Å². The molecule has 1 saturated carbocycles. The first-order chi connectivity index (χ1) is 54.7. The molecule has 5 heterocycles. The number of piperidine rings is 1. The van der Waals surface area contributed by atoms with E-state index in [1.54, 1.807) is 44.5 Å². The summed E-state index contributed by atoms with van der Waals surface area (Å²) in [6, 6.07) is 12.8. The van der Waals surface area contributed by atoms with Gasteiger partial charge in [-0.2, -0.15) is 0 Å². The highest BCUT2D eigenvalue weighted by Gasteiger charge is 2.79. The van der Waals surface area contributed by atoms with Crippen molar-refractivity contribution < 1.29 is 117 Å². The second-order valence-corrected chi connectivity index (χ2v) is 33.8. The molecule has 2 aliphatic carbocycles. The van der Waals surface area contributed by atoms with E-state index in [1.807, 2.05) is 55.2 Å². The third kappa shape index (κ3) is 18.8. The van der Waals surface area contributed by atoms with Crippen molar-refractivity contribution in [2.75, 3.05) is 90.1 Å². The zero-order chi connectivity index (χ0) is 83.5. The molecule has 5 aliphatic heterocycles. The van der Waals surface area contributed by atoms with Crippen LogP contribution in [0, 0.1) is 23.2 Å². The van der Waals surface area contributed by atoms with Crippen LogP contribution in [-0.4, -0.2) is 260 Å². The van der Waals surface area contributed by atoms with Gasteiger partial charge in [0.2, 0.25) is 11.8 Å². The number of Topliss-reactive ketones (excluding diaryl/α,β-unsaturated/α-hetero) is 2. The van der Waals surface area contributed by atoms with E-state index in [1.165, 1.54) is 7.11 Å². The van der Waals surface area contributed by atoms with E-state index in [0.717, 1.165) is 49.4 Å². The Morgan fingerprint density at radius 1 is 0.722 bits per heavy atom. The van der Waals surface area contributed by atoms with Gasteiger partial charge in [0.25, 0.3) is 5.91 Å². The van der Waals surface area contributed by atoms with Crippen molar-refractivity contribution in [3.8, 4) is 5.75 Å². The van der Waals surface area contributed by atoms with Gasteiger partial charge in [-0.1, -0.05) is 102 Å². The molecule has 3 unspecified atom stereocenters. The number of hydrogen-bond acceptors (Lipinski definition) is 24. The molecule has 1 spiro atoms. The minimum atomic E-state index is -2.63. The molecule has 3 aromatic carbocycles. The van der Waals surface area contributed by atoms with Gasteiger partial charge in [-0.15, -0.1) is 0 Å². The normalized spacial score (nSPS) is 26.1. The van der Waals surface area contributed by atoms with Gasteiger partial charge in [-0.05, 0) is 123 Å². The van der Waals surface area contributed by atoms with Gasteiger partial charge < -0.3 is 86.5 Å². The molecule has 7 aliphatic rings. The predicted molar refractivity (Wildman–Crippen MR) is 419 cm³/mol. The van der Waals surface area contributed by atoms with Gasteiger partial charge >= 0.3 is 47.8 Å². The number of carboxylic acid groups (broad SMARTS) is 5. The fourth-order valence-electron chi connectivity index (χ4n) is 19.0. The standard InChI is InChI=1S/C81H104N8O24S2/c1-6-77(109)40-47-41-80(75(107)112-5,54-35-48-17-11-12-18-52(48)53(54)24-29-88(43-47)45-77)56-37-55-60(39-62(56)111-4)87(3)72-79(55)26-30-89-28-14-25-78(7-2,71(79)89)73(105)81(72,110)74(106)83-42-66(97)113-31-32-114-115-44-59(70(103)104)85-67(98)50(33-46-15-9-8-10-16-46)36-61(91)58(38-65(95)96)84-63(92)23-20-49(68(99)100)34-51(90)21-22-57(69(101)102)86-76(108)82-27-13-19-64(93)94/h8-12,14-18,25,37,39,47,49-50,57-59,71-73,105,109-110H,6-7,13,19-24,26-36,38,40-45H2,1-5H3,(H,83,106)(H,84,92)(H,85,98)(H,93,94)(H,95,96)(H,99,100)(H,101,102)(H,103,104)(H2,82,86,108)/t47?,49-,50-,57+,58+,59+,71+,72-,73-,77+,78-,79?,80-,81+/m1/s1. The van der Waals surface area contributed by atoms with Gasteiger partial charge in [-0.3, -0.25) is 57.7 Å². The Morgan fingerprint density at radius 2 is 1.45 bits per heavy atom. The Morgan fingerprint density at radius 3 is 2.13 bits per heavy atom. The van der Waals surface area contributed by atoms with Crippen molar-refractivity contribution in [3.05, 3.63) is 112 Å². The van der Waals surface area contributed by atoms with Crippen LogP contribution in [-0.2, 0) is 90.7 Å². The molecule has 3 aromatic rings. The lowest BCUT2D eigenvalue weighted by Crippen LogP contribution is -2.81. The summed E-state index contributed by atoms with van der Waals surface area (Å²) in [4.78, 5) is 177. The Labute approximate surface area is 673 Å². The summed E-state index contributed by atoms with van der Waals surface area (Å²) in [5.41, 5.74) is -1.01. The van der Waals surface area contributed by atoms with E-state index in [4.69, 9.17) is 19.3 Å². The highest BCUT2D eigenvalue weighted by Crippen LogP contribution is 2.68. The number of urea groups is 1. The number of esters is 2. The van der Waals surface area contributed by atoms with E-state index in [-0.39, 0.29) is 62.7 Å². The van der Waals surface area contributed by atoms with Crippen molar-refractivity contribution in [2.45, 2.75) is 181 Å². The monoisotopic (exact) mass is 1640 g/mol. The molecular formula is C81H104N8O24S2. The number of fused-ring (bicyclic) bond motifs is 5. The Bertz CT molecular complexity index is 4280. The maximum atomic E-state index is 15.7. The molecule has 13 N–H and O–H groups in total. The number of methoxy groups -OCH3 is 2. The molecular weight excluding hydrogens is 1530 g/mol. The summed E-state index contributed by atoms with van der Waals surface area (Å²) >= 11 is 0. The van der Waals surface area contributed by atoms with Gasteiger partial charge in [0.15, 0.2) is 11.4 Å². The van der Waals surface area contributed by atoms with Crippen LogP contribution >= 0.6 is 21.6 Å². The molecule has 10 rings (SSSR count). The molecule has 15 atom stereocenters. The highest BCUT2D eigenvalue weighted by atomic mass is 33.1. The number of nitrogens with one attached hydrogen (secondary N) is 5. The van der Waals surface area contributed by atoms with Crippen LogP contribution in [0.15, 0.2) is 84.5 Å². The number of hydrogen-bond donors (Lipinski definition) is 13. The van der Waals surface area contributed by atoms with Crippen molar-refractivity contribution in [2.24, 2.45) is 23.2 Å². The van der Waals surface area contributed by atoms with Crippen LogP contribution in [0.4, 0.5) is 10.5 Å². The molecule has 2 saturated heterocycles. The van der Waals surface area contributed by atoms with Crippen LogP contribution in [0.25, 0.3) is 5.57 Å². The van der Waals surface area contributed by atoms with E-state index >= 15 is 9.59 Å². The molecule has 624 valence electrons. The Balaban J connectivity index is 0.775. The Kier molecular flexibility index (Phi) is 28.8. The number of nitrogens with zero attached hydrogens (tertiary/aromatic N) is 3. The number of carbonyl (C=O) groups excluding carboxylic acids is 8. The summed E-state index contributed by atoms with van der Waals surface area (Å²) in [7, 11) is 6.75. The van der Waals surface area contributed by atoms with Crippen molar-refractivity contribution in [1.82, 2.24) is 36.4 Å². The number of rotatable bonds is 40. The Hall–Kier alpha value is -9.45. The lowest BCUT2D eigenvalue weighted by Gasteiger charge is -2.63. The second-order valence-electron chi connectivity index (χ2n) is 31.2. The number of ketones is 2. The lowest BCUT2D eigenvalue weighted by atomic mass is 9.47. The van der Waals surface area contributed by atoms with Gasteiger partial charge in [0.1, 0.15) is 48.3 Å². The number of aliphatic hydroxyl groups is 3. The van der Waals surface area contributed by atoms with Crippen LogP contribution in [0.3, 0.4) is 0 Å². The first-order valence-corrected chi connectivity index (χ1v) is 41.4. The number of likely N-dealkylation sites (N-methyl/N-ethyl adjacent to an activating group) is 1. The quantitative estimate of drug-likeness (QED) is 0.0167. The number of amides is 5. The minimum Gasteiger partial charge on any atom is -0.496 e. The number of benzene rings is 3. The molecule has 115 heavy (non-hydrogen) atoms. The van der Waals surface area contributed by atoms with Crippen LogP contribution in [0.5, 0.6) is 5.75 Å². The summed E-state index contributed by atoms with van der Waals surface area (Å²) < 4.78 is 18.0. The molecule has 32 nitrogen and oxygen atoms in total. The molecule has 34 heteroatoms. The summed E-state index contributed by atoms with van der Waals surface area (Å²) in [5, 5.41) is 99.3. The zero-order valence-electron chi connectivity index (χ0n) is 65.1. The van der Waals surface area contributed by atoms with E-state index in [9.17, 15) is 88.5 Å². The maximum absolute atomic E-state index is 15.7. The minimum absolute atomic E-state index is 0.0552. The number of aliphatic hydroxyl groups excluding tert-OH is 1. The third-order valence-corrected chi connectivity index (χ3v) is 26.6. The van der Waals surface area contributed by atoms with Crippen LogP contribution in [0.2, 0.25) is 0 Å². The number of anilines is 1. The maximum Gasteiger partial charge on any atom is 0.327 e. The van der Waals surface area contributed by atoms with E-state index < -0.39 is 204 Å². The average Bonchev–Trinajstić information content (AvgIpc) is 1.49. The number of ether oxygens (including phenoxy) is 3. The SMILES string of the molecule is CC[C@]1(O)CC2CN(CCC3=C(Cc4ccccc43)[C@@](C(=O)OC)(c3cc4c(cc3OC)N(C)[C@@H]3C45CCN4CC=C[C@](CC)([C@H]45)[C@@H](O)[C@]3(O)C(=O)NCC(=O)OCCSSC[C@H](NC(=O)[C@@H](CC(=O)[C@H](CC(=O)O)NC(=O)CC[C@H](CC(=O)CC[C@H](NC(=O)NCCCC(=O)O)C(=O)O)C(=O)O)Cc3ccccc3)C(=O)O)C2)C1. The van der Waals surface area contributed by atoms with Gasteiger partial charge in [0, 0.05) is 123 Å². The fraction of sp³-hybridized carbons (Fsp3) is 0.568. The first-order valence-electron chi connectivity index (χ1n) is 38.9. The zero-order valence-corrected chi connectivity index (χ0v) is 66.7. The molecule has 3 fully saturated rings. The summed E-state index contributed by atoms with van der Waals surface area (Å²) in [5.74, 6) is -16.1. The number of aliphatic carboxylic acids is 5. The van der Waals surface area contributed by atoms with Gasteiger partial charge in [-0.25, -0.2) is 14.4 Å². The second kappa shape index (κ2) is 37.7. The van der Waals surface area contributed by atoms with Crippen molar-refractivity contribution in [1.29, 1.82) is 0 Å². The molecule has 0 radical (unpaired) electrons. The average molecular weight is 1640 g/mol.